The van der Waals surface area contributed by atoms with Crippen LogP contribution >= 0.6 is 0 Å². The molecule has 1 aromatic rings. The number of aldehydes is 1. The first-order valence-electron chi connectivity index (χ1n) is 8.05. The van der Waals surface area contributed by atoms with Crippen molar-refractivity contribution in [3.05, 3.63) is 53.8 Å². The molecule has 0 fully saturated rings. The van der Waals surface area contributed by atoms with Gasteiger partial charge in [-0.3, -0.25) is 9.59 Å². The summed E-state index contributed by atoms with van der Waals surface area (Å²) in [6.07, 6.45) is 3.31. The van der Waals surface area contributed by atoms with Crippen LogP contribution in [0.5, 0.6) is 0 Å². The van der Waals surface area contributed by atoms with E-state index in [1.165, 1.54) is 19.1 Å². The SMILES string of the molecule is CC(=O)NC1=CC(O)(C[C@@H](C=O)NS(=O)(=O)c2ccc(C)cc2)C=CC1=O. The molecule has 0 spiro atoms. The van der Waals surface area contributed by atoms with Gasteiger partial charge in [0.2, 0.25) is 21.7 Å². The Morgan fingerprint density at radius 3 is 2.48 bits per heavy atom. The number of hydrogen-bond acceptors (Lipinski definition) is 6. The smallest absolute Gasteiger partial charge is 0.241 e. The molecule has 27 heavy (non-hydrogen) atoms. The third kappa shape index (κ3) is 5.43. The van der Waals surface area contributed by atoms with Crippen molar-refractivity contribution in [1.29, 1.82) is 0 Å². The molecule has 2 rings (SSSR count). The van der Waals surface area contributed by atoms with Crippen molar-refractivity contribution in [1.82, 2.24) is 10.0 Å². The fraction of sp³-hybridized carbons (Fsp3) is 0.278. The Bertz CT molecular complexity index is 918. The van der Waals surface area contributed by atoms with Gasteiger partial charge in [-0.05, 0) is 37.3 Å². The zero-order chi connectivity index (χ0) is 20.2. The van der Waals surface area contributed by atoms with Gasteiger partial charge in [0.15, 0.2) is 0 Å². The molecule has 0 aliphatic heterocycles. The van der Waals surface area contributed by atoms with Crippen LogP contribution in [0.1, 0.15) is 18.9 Å². The van der Waals surface area contributed by atoms with Crippen molar-refractivity contribution in [3.8, 4) is 0 Å². The van der Waals surface area contributed by atoms with Gasteiger partial charge in [0.05, 0.1) is 16.6 Å². The molecule has 1 amide bonds. The molecular formula is C18H20N2O6S. The summed E-state index contributed by atoms with van der Waals surface area (Å²) in [4.78, 5) is 34.3. The lowest BCUT2D eigenvalue weighted by Crippen LogP contribution is -2.43. The van der Waals surface area contributed by atoms with Crippen LogP contribution in [-0.4, -0.2) is 43.1 Å². The topological polar surface area (TPSA) is 130 Å². The Hall–Kier alpha value is -2.62. The fourth-order valence-corrected chi connectivity index (χ4v) is 3.72. The molecule has 2 atom stereocenters. The van der Waals surface area contributed by atoms with Gasteiger partial charge in [-0.1, -0.05) is 17.7 Å². The number of carbonyl (C=O) groups excluding carboxylic acids is 3. The first-order valence-corrected chi connectivity index (χ1v) is 9.54. The van der Waals surface area contributed by atoms with Crippen LogP contribution in [0.2, 0.25) is 0 Å². The summed E-state index contributed by atoms with van der Waals surface area (Å²) in [5.41, 5.74) is -1.05. The highest BCUT2D eigenvalue weighted by molar-refractivity contribution is 7.89. The Labute approximate surface area is 157 Å². The Morgan fingerprint density at radius 1 is 1.30 bits per heavy atom. The molecule has 1 aromatic carbocycles. The first-order chi connectivity index (χ1) is 12.5. The van der Waals surface area contributed by atoms with Crippen molar-refractivity contribution < 1.29 is 27.9 Å². The summed E-state index contributed by atoms with van der Waals surface area (Å²) in [6.45, 7) is 3.01. The Morgan fingerprint density at radius 2 is 1.93 bits per heavy atom. The second-order valence-corrected chi connectivity index (χ2v) is 8.02. The van der Waals surface area contributed by atoms with E-state index in [2.05, 4.69) is 10.0 Å². The highest BCUT2D eigenvalue weighted by Gasteiger charge is 2.32. The van der Waals surface area contributed by atoms with Crippen LogP contribution < -0.4 is 10.0 Å². The number of ketones is 1. The van der Waals surface area contributed by atoms with Crippen LogP contribution in [-0.2, 0) is 24.4 Å². The van der Waals surface area contributed by atoms with Crippen LogP contribution in [0.15, 0.2) is 53.1 Å². The van der Waals surface area contributed by atoms with Crippen molar-refractivity contribution in [2.24, 2.45) is 0 Å². The van der Waals surface area contributed by atoms with Crippen LogP contribution in [0.3, 0.4) is 0 Å². The number of benzene rings is 1. The number of sulfonamides is 1. The summed E-state index contributed by atoms with van der Waals surface area (Å²) in [5, 5.41) is 12.9. The maximum absolute atomic E-state index is 12.4. The van der Waals surface area contributed by atoms with Crippen molar-refractivity contribution in [2.45, 2.75) is 36.8 Å². The average molecular weight is 392 g/mol. The van der Waals surface area contributed by atoms with E-state index in [4.69, 9.17) is 0 Å². The molecule has 0 saturated heterocycles. The summed E-state index contributed by atoms with van der Waals surface area (Å²) in [5.74, 6) is -1.02. The van der Waals surface area contributed by atoms with E-state index in [0.717, 1.165) is 23.8 Å². The summed E-state index contributed by atoms with van der Waals surface area (Å²) < 4.78 is 27.1. The van der Waals surface area contributed by atoms with Crippen LogP contribution in [0.4, 0.5) is 0 Å². The lowest BCUT2D eigenvalue weighted by Gasteiger charge is -2.27. The molecule has 1 aliphatic rings. The van der Waals surface area contributed by atoms with E-state index in [1.54, 1.807) is 12.1 Å². The normalized spacial score (nSPS) is 20.7. The largest absolute Gasteiger partial charge is 0.381 e. The van der Waals surface area contributed by atoms with Gasteiger partial charge in [-0.2, -0.15) is 0 Å². The molecule has 0 heterocycles. The summed E-state index contributed by atoms with van der Waals surface area (Å²) >= 11 is 0. The number of aryl methyl sites for hydroxylation is 1. The highest BCUT2D eigenvalue weighted by Crippen LogP contribution is 2.23. The first kappa shape index (κ1) is 20.7. The highest BCUT2D eigenvalue weighted by atomic mass is 32.2. The molecule has 8 nitrogen and oxygen atoms in total. The van der Waals surface area contributed by atoms with Gasteiger partial charge in [0, 0.05) is 13.3 Å². The predicted molar refractivity (Wildman–Crippen MR) is 97.0 cm³/mol. The molecular weight excluding hydrogens is 372 g/mol. The zero-order valence-corrected chi connectivity index (χ0v) is 15.6. The van der Waals surface area contributed by atoms with Gasteiger partial charge in [-0.15, -0.1) is 0 Å². The number of nitrogens with one attached hydrogen (secondary N) is 2. The van der Waals surface area contributed by atoms with Gasteiger partial charge >= 0.3 is 0 Å². The van der Waals surface area contributed by atoms with Gasteiger partial charge in [-0.25, -0.2) is 13.1 Å². The minimum Gasteiger partial charge on any atom is -0.381 e. The van der Waals surface area contributed by atoms with Gasteiger partial charge in [0.1, 0.15) is 11.9 Å². The minimum absolute atomic E-state index is 0.0178. The fourth-order valence-electron chi connectivity index (χ4n) is 2.55. The number of carbonyl (C=O) groups is 3. The lowest BCUT2D eigenvalue weighted by atomic mass is 9.89. The van der Waals surface area contributed by atoms with E-state index in [-0.39, 0.29) is 17.0 Å². The van der Waals surface area contributed by atoms with E-state index in [1.807, 2.05) is 6.92 Å². The quantitative estimate of drug-likeness (QED) is 0.565. The Balaban J connectivity index is 2.20. The van der Waals surface area contributed by atoms with Crippen molar-refractivity contribution >= 4 is 28.0 Å². The number of hydrogen-bond donors (Lipinski definition) is 3. The second kappa shape index (κ2) is 7.95. The van der Waals surface area contributed by atoms with Crippen molar-refractivity contribution in [2.75, 3.05) is 0 Å². The molecule has 1 unspecified atom stereocenters. The molecule has 0 bridgehead atoms. The third-order valence-corrected chi connectivity index (χ3v) is 5.35. The molecule has 3 N–H and O–H groups in total. The molecule has 0 aromatic heterocycles. The maximum atomic E-state index is 12.4. The van der Waals surface area contributed by atoms with Crippen LogP contribution in [0.25, 0.3) is 0 Å². The maximum Gasteiger partial charge on any atom is 0.241 e. The minimum atomic E-state index is -3.98. The zero-order valence-electron chi connectivity index (χ0n) is 14.8. The molecule has 144 valence electrons. The lowest BCUT2D eigenvalue weighted by molar-refractivity contribution is -0.120. The van der Waals surface area contributed by atoms with E-state index in [0.29, 0.717) is 6.29 Å². The standard InChI is InChI=1S/C18H20N2O6S/c1-12-3-5-15(6-4-12)27(25,26)20-14(11-21)9-18(24)8-7-17(23)16(10-18)19-13(2)22/h3-8,10-11,14,20,24H,9H2,1-2H3,(H,19,22)/t14-,18?/m0/s1. The van der Waals surface area contributed by atoms with Crippen LogP contribution in [0, 0.1) is 6.92 Å². The number of rotatable bonds is 7. The third-order valence-electron chi connectivity index (χ3n) is 3.84. The number of amides is 1. The number of aliphatic hydroxyl groups is 1. The summed E-state index contributed by atoms with van der Waals surface area (Å²) in [6, 6.07) is 4.80. The molecule has 1 aliphatic carbocycles. The predicted octanol–water partition coefficient (Wildman–Crippen LogP) is 0.121. The van der Waals surface area contributed by atoms with E-state index in [9.17, 15) is 27.9 Å². The van der Waals surface area contributed by atoms with Gasteiger partial charge in [0.25, 0.3) is 0 Å². The van der Waals surface area contributed by atoms with Crippen molar-refractivity contribution in [3.63, 3.8) is 0 Å². The Kier molecular flexibility index (Phi) is 6.09. The molecule has 9 heteroatoms. The van der Waals surface area contributed by atoms with E-state index < -0.39 is 33.4 Å². The molecule has 0 radical (unpaired) electrons. The van der Waals surface area contributed by atoms with Gasteiger partial charge < -0.3 is 15.2 Å². The second-order valence-electron chi connectivity index (χ2n) is 6.31. The average Bonchev–Trinajstić information content (AvgIpc) is 2.57. The van der Waals surface area contributed by atoms with E-state index >= 15 is 0 Å². The number of allylic oxidation sites excluding steroid dienone is 1. The molecule has 0 saturated carbocycles. The summed E-state index contributed by atoms with van der Waals surface area (Å²) in [7, 11) is -3.98. The monoisotopic (exact) mass is 392 g/mol.